The van der Waals surface area contributed by atoms with Crippen LogP contribution >= 0.6 is 0 Å². The van der Waals surface area contributed by atoms with Gasteiger partial charge in [0.2, 0.25) is 0 Å². The Balaban J connectivity index is 1.36. The Labute approximate surface area is 173 Å². The summed E-state index contributed by atoms with van der Waals surface area (Å²) < 4.78 is 11.3. The van der Waals surface area contributed by atoms with Gasteiger partial charge in [0.15, 0.2) is 0 Å². The molecule has 156 valence electrons. The third-order valence-electron chi connectivity index (χ3n) is 5.49. The molecule has 1 amide bonds. The predicted octanol–water partition coefficient (Wildman–Crippen LogP) is 3.17. The maximum atomic E-state index is 12.3. The molecular formula is C23H31N3O3. The molecule has 1 saturated heterocycles. The highest BCUT2D eigenvalue weighted by atomic mass is 16.5. The molecule has 1 aliphatic heterocycles. The van der Waals surface area contributed by atoms with E-state index >= 15 is 0 Å². The van der Waals surface area contributed by atoms with Gasteiger partial charge in [-0.1, -0.05) is 25.1 Å². The number of amides is 1. The molecule has 1 aliphatic rings. The number of para-hydroxylation sites is 1. The molecule has 3 rings (SSSR count). The van der Waals surface area contributed by atoms with Gasteiger partial charge in [-0.05, 0) is 56.0 Å². The van der Waals surface area contributed by atoms with Gasteiger partial charge in [0, 0.05) is 25.5 Å². The number of methoxy groups -OCH3 is 1. The van der Waals surface area contributed by atoms with Crippen molar-refractivity contribution in [2.75, 3.05) is 39.9 Å². The standard InChI is InChI=1S/C23H31N3O3/c1-3-19-6-4-5-7-21(19)29-17-18-9-13-26(14-10-18)15-12-25-23(27)20-16-24-11-8-22(20)28-2/h4-8,11,16,18H,3,9-10,12-15,17H2,1-2H3,(H,25,27). The number of pyridine rings is 1. The summed E-state index contributed by atoms with van der Waals surface area (Å²) >= 11 is 0. The van der Waals surface area contributed by atoms with E-state index in [9.17, 15) is 4.79 Å². The fourth-order valence-electron chi connectivity index (χ4n) is 3.67. The maximum absolute atomic E-state index is 12.3. The van der Waals surface area contributed by atoms with Crippen LogP contribution in [0.25, 0.3) is 0 Å². The molecule has 2 aromatic rings. The molecule has 0 radical (unpaired) electrons. The van der Waals surface area contributed by atoms with Crippen molar-refractivity contribution in [2.24, 2.45) is 5.92 Å². The number of rotatable bonds is 9. The number of likely N-dealkylation sites (tertiary alicyclic amines) is 1. The zero-order chi connectivity index (χ0) is 20.5. The van der Waals surface area contributed by atoms with Crippen LogP contribution < -0.4 is 14.8 Å². The van der Waals surface area contributed by atoms with Crippen LogP contribution in [-0.4, -0.2) is 55.7 Å². The van der Waals surface area contributed by atoms with Crippen LogP contribution in [0.5, 0.6) is 11.5 Å². The van der Waals surface area contributed by atoms with Gasteiger partial charge in [0.05, 0.1) is 19.3 Å². The first-order valence-corrected chi connectivity index (χ1v) is 10.4. The fraction of sp³-hybridized carbons (Fsp3) is 0.478. The normalized spacial score (nSPS) is 15.1. The van der Waals surface area contributed by atoms with E-state index in [0.717, 1.165) is 51.3 Å². The Bertz CT molecular complexity index is 788. The van der Waals surface area contributed by atoms with Crippen LogP contribution in [-0.2, 0) is 6.42 Å². The average molecular weight is 398 g/mol. The second kappa shape index (κ2) is 10.8. The Hall–Kier alpha value is -2.60. The van der Waals surface area contributed by atoms with Crippen LogP contribution in [0.1, 0.15) is 35.7 Å². The molecule has 0 aliphatic carbocycles. The van der Waals surface area contributed by atoms with Crippen molar-refractivity contribution >= 4 is 5.91 Å². The molecule has 0 atom stereocenters. The van der Waals surface area contributed by atoms with Crippen molar-refractivity contribution in [1.82, 2.24) is 15.2 Å². The number of nitrogens with zero attached hydrogens (tertiary/aromatic N) is 2. The van der Waals surface area contributed by atoms with Crippen LogP contribution in [0.2, 0.25) is 0 Å². The first-order chi connectivity index (χ1) is 14.2. The quantitative estimate of drug-likeness (QED) is 0.704. The highest BCUT2D eigenvalue weighted by molar-refractivity contribution is 5.96. The van der Waals surface area contributed by atoms with E-state index in [1.807, 2.05) is 6.07 Å². The predicted molar refractivity (Wildman–Crippen MR) is 114 cm³/mol. The molecular weight excluding hydrogens is 366 g/mol. The van der Waals surface area contributed by atoms with Gasteiger partial charge in [-0.25, -0.2) is 0 Å². The fourth-order valence-corrected chi connectivity index (χ4v) is 3.67. The number of benzene rings is 1. The van der Waals surface area contributed by atoms with Gasteiger partial charge < -0.3 is 19.7 Å². The average Bonchev–Trinajstić information content (AvgIpc) is 2.78. The zero-order valence-corrected chi connectivity index (χ0v) is 17.4. The van der Waals surface area contributed by atoms with Gasteiger partial charge in [0.25, 0.3) is 5.91 Å². The monoisotopic (exact) mass is 397 g/mol. The lowest BCUT2D eigenvalue weighted by Gasteiger charge is -2.32. The molecule has 1 fully saturated rings. The lowest BCUT2D eigenvalue weighted by Crippen LogP contribution is -2.40. The second-order valence-electron chi connectivity index (χ2n) is 7.39. The number of ether oxygens (including phenoxy) is 2. The van der Waals surface area contributed by atoms with E-state index in [2.05, 4.69) is 40.3 Å². The van der Waals surface area contributed by atoms with Crippen molar-refractivity contribution in [1.29, 1.82) is 0 Å². The molecule has 0 saturated carbocycles. The molecule has 29 heavy (non-hydrogen) atoms. The lowest BCUT2D eigenvalue weighted by atomic mass is 9.98. The minimum atomic E-state index is -0.146. The Kier molecular flexibility index (Phi) is 7.87. The van der Waals surface area contributed by atoms with E-state index < -0.39 is 0 Å². The molecule has 1 N–H and O–H groups in total. The Morgan fingerprint density at radius 1 is 1.21 bits per heavy atom. The molecule has 0 bridgehead atoms. The van der Waals surface area contributed by atoms with Crippen LogP contribution in [0, 0.1) is 5.92 Å². The van der Waals surface area contributed by atoms with E-state index in [4.69, 9.17) is 9.47 Å². The summed E-state index contributed by atoms with van der Waals surface area (Å²) in [6.07, 6.45) is 6.39. The SMILES string of the molecule is CCc1ccccc1OCC1CCN(CCNC(=O)c2cnccc2OC)CC1. The number of piperidine rings is 1. The number of hydrogen-bond acceptors (Lipinski definition) is 5. The Morgan fingerprint density at radius 3 is 2.76 bits per heavy atom. The minimum absolute atomic E-state index is 0.146. The minimum Gasteiger partial charge on any atom is -0.496 e. The summed E-state index contributed by atoms with van der Waals surface area (Å²) in [5.74, 6) is 2.01. The topological polar surface area (TPSA) is 63.7 Å². The summed E-state index contributed by atoms with van der Waals surface area (Å²) in [5, 5.41) is 2.97. The first-order valence-electron chi connectivity index (χ1n) is 10.4. The molecule has 6 heteroatoms. The zero-order valence-electron chi connectivity index (χ0n) is 17.4. The smallest absolute Gasteiger partial charge is 0.256 e. The molecule has 6 nitrogen and oxygen atoms in total. The summed E-state index contributed by atoms with van der Waals surface area (Å²) in [7, 11) is 1.56. The lowest BCUT2D eigenvalue weighted by molar-refractivity contribution is 0.0937. The summed E-state index contributed by atoms with van der Waals surface area (Å²) in [4.78, 5) is 18.7. The van der Waals surface area contributed by atoms with Gasteiger partial charge >= 0.3 is 0 Å². The van der Waals surface area contributed by atoms with Gasteiger partial charge in [-0.3, -0.25) is 9.78 Å². The maximum Gasteiger partial charge on any atom is 0.256 e. The van der Waals surface area contributed by atoms with Gasteiger partial charge in [0.1, 0.15) is 11.5 Å². The van der Waals surface area contributed by atoms with E-state index in [0.29, 0.717) is 23.8 Å². The van der Waals surface area contributed by atoms with Crippen molar-refractivity contribution in [3.8, 4) is 11.5 Å². The number of nitrogens with one attached hydrogen (secondary N) is 1. The highest BCUT2D eigenvalue weighted by Gasteiger charge is 2.20. The number of carbonyl (C=O) groups excluding carboxylic acids is 1. The number of aryl methyl sites for hydroxylation is 1. The first kappa shape index (κ1) is 21.1. The molecule has 1 aromatic heterocycles. The third-order valence-corrected chi connectivity index (χ3v) is 5.49. The summed E-state index contributed by atoms with van der Waals surface area (Å²) in [6, 6.07) is 9.99. The third kappa shape index (κ3) is 5.94. The van der Waals surface area contributed by atoms with Crippen LogP contribution in [0.4, 0.5) is 0 Å². The number of aromatic nitrogens is 1. The van der Waals surface area contributed by atoms with Crippen molar-refractivity contribution in [2.45, 2.75) is 26.2 Å². The Morgan fingerprint density at radius 2 is 2.00 bits per heavy atom. The van der Waals surface area contributed by atoms with Gasteiger partial charge in [-0.2, -0.15) is 0 Å². The number of carbonyl (C=O) groups is 1. The van der Waals surface area contributed by atoms with E-state index in [-0.39, 0.29) is 5.91 Å². The van der Waals surface area contributed by atoms with Crippen molar-refractivity contribution in [3.05, 3.63) is 53.9 Å². The van der Waals surface area contributed by atoms with E-state index in [1.54, 1.807) is 19.4 Å². The van der Waals surface area contributed by atoms with Crippen LogP contribution in [0.3, 0.4) is 0 Å². The molecule has 1 aromatic carbocycles. The summed E-state index contributed by atoms with van der Waals surface area (Å²) in [5.41, 5.74) is 1.74. The highest BCUT2D eigenvalue weighted by Crippen LogP contribution is 2.22. The van der Waals surface area contributed by atoms with E-state index in [1.165, 1.54) is 11.8 Å². The largest absolute Gasteiger partial charge is 0.496 e. The van der Waals surface area contributed by atoms with Crippen LogP contribution in [0.15, 0.2) is 42.7 Å². The molecule has 2 heterocycles. The van der Waals surface area contributed by atoms with Crippen molar-refractivity contribution in [3.63, 3.8) is 0 Å². The summed E-state index contributed by atoms with van der Waals surface area (Å²) in [6.45, 7) is 6.47. The molecule has 0 unspecified atom stereocenters. The number of hydrogen-bond donors (Lipinski definition) is 1. The molecule has 0 spiro atoms. The van der Waals surface area contributed by atoms with Gasteiger partial charge in [-0.15, -0.1) is 0 Å². The van der Waals surface area contributed by atoms with Crippen molar-refractivity contribution < 1.29 is 14.3 Å². The second-order valence-corrected chi connectivity index (χ2v) is 7.39.